The Morgan fingerprint density at radius 3 is 2.41 bits per heavy atom. The number of alkyl halides is 3. The number of nitriles is 1. The van der Waals surface area contributed by atoms with Crippen molar-refractivity contribution in [2.75, 3.05) is 25.7 Å². The summed E-state index contributed by atoms with van der Waals surface area (Å²) in [4.78, 5) is 28.0. The second kappa shape index (κ2) is 8.78. The standard InChI is InChI=1S/C22H20F3N3O4/c1-13-14(5-4-6-17(13)22(23,24)25)11-28-20(29)15(10-26)12-27(21(28)30)16-7-8-18(31-2)19(9-16)32-3/h4-9,15H,11-12H2,1-3H3. The van der Waals surface area contributed by atoms with Crippen LogP contribution >= 0.6 is 0 Å². The summed E-state index contributed by atoms with van der Waals surface area (Å²) >= 11 is 0. The first-order valence-corrected chi connectivity index (χ1v) is 9.52. The van der Waals surface area contributed by atoms with Crippen LogP contribution in [0.3, 0.4) is 0 Å². The largest absolute Gasteiger partial charge is 0.493 e. The van der Waals surface area contributed by atoms with Gasteiger partial charge >= 0.3 is 12.2 Å². The summed E-state index contributed by atoms with van der Waals surface area (Å²) in [7, 11) is 2.87. The number of amides is 3. The van der Waals surface area contributed by atoms with E-state index in [1.807, 2.05) is 6.07 Å². The van der Waals surface area contributed by atoms with Crippen LogP contribution in [0.25, 0.3) is 0 Å². The molecule has 168 valence electrons. The highest BCUT2D eigenvalue weighted by atomic mass is 19.4. The van der Waals surface area contributed by atoms with Crippen molar-refractivity contribution < 1.29 is 32.2 Å². The van der Waals surface area contributed by atoms with Crippen molar-refractivity contribution in [2.24, 2.45) is 5.92 Å². The van der Waals surface area contributed by atoms with E-state index in [1.165, 1.54) is 44.2 Å². The molecule has 10 heteroatoms. The van der Waals surface area contributed by atoms with Gasteiger partial charge in [0.25, 0.3) is 0 Å². The molecule has 2 aromatic rings. The van der Waals surface area contributed by atoms with Gasteiger partial charge < -0.3 is 9.47 Å². The molecule has 0 bridgehead atoms. The minimum absolute atomic E-state index is 0.0858. The summed E-state index contributed by atoms with van der Waals surface area (Å²) in [6, 6.07) is 9.36. The third kappa shape index (κ3) is 4.19. The minimum atomic E-state index is -4.57. The molecule has 0 N–H and O–H groups in total. The first kappa shape index (κ1) is 22.9. The van der Waals surface area contributed by atoms with Gasteiger partial charge in [-0.25, -0.2) is 4.79 Å². The molecule has 1 fully saturated rings. The molecule has 0 radical (unpaired) electrons. The molecule has 0 aliphatic carbocycles. The number of urea groups is 1. The maximum absolute atomic E-state index is 13.3. The van der Waals surface area contributed by atoms with Crippen molar-refractivity contribution in [1.29, 1.82) is 5.26 Å². The molecule has 32 heavy (non-hydrogen) atoms. The topological polar surface area (TPSA) is 82.9 Å². The van der Waals surface area contributed by atoms with Crippen molar-refractivity contribution >= 4 is 17.6 Å². The third-order valence-electron chi connectivity index (χ3n) is 5.31. The van der Waals surface area contributed by atoms with Gasteiger partial charge in [0.1, 0.15) is 5.92 Å². The van der Waals surface area contributed by atoms with Crippen molar-refractivity contribution in [3.63, 3.8) is 0 Å². The Bertz CT molecular complexity index is 1090. The van der Waals surface area contributed by atoms with E-state index in [0.29, 0.717) is 17.2 Å². The Labute approximate surface area is 182 Å². The Morgan fingerprint density at radius 2 is 1.81 bits per heavy atom. The van der Waals surface area contributed by atoms with Crippen LogP contribution in [-0.2, 0) is 17.5 Å². The number of halogens is 3. The minimum Gasteiger partial charge on any atom is -0.493 e. The van der Waals surface area contributed by atoms with Crippen LogP contribution in [0.5, 0.6) is 11.5 Å². The van der Waals surface area contributed by atoms with Crippen molar-refractivity contribution in [2.45, 2.75) is 19.6 Å². The van der Waals surface area contributed by atoms with E-state index >= 15 is 0 Å². The van der Waals surface area contributed by atoms with Crippen molar-refractivity contribution in [3.8, 4) is 17.6 Å². The van der Waals surface area contributed by atoms with Crippen LogP contribution in [0, 0.1) is 24.2 Å². The number of methoxy groups -OCH3 is 2. The Kier molecular flexibility index (Phi) is 6.30. The van der Waals surface area contributed by atoms with E-state index in [0.717, 1.165) is 11.0 Å². The molecule has 0 spiro atoms. The molecule has 0 saturated carbocycles. The fraction of sp³-hybridized carbons (Fsp3) is 0.318. The Hall–Kier alpha value is -3.74. The van der Waals surface area contributed by atoms with Gasteiger partial charge in [-0.05, 0) is 36.2 Å². The van der Waals surface area contributed by atoms with E-state index in [4.69, 9.17) is 9.47 Å². The van der Waals surface area contributed by atoms with E-state index in [9.17, 15) is 28.0 Å². The van der Waals surface area contributed by atoms with Gasteiger partial charge in [0.2, 0.25) is 5.91 Å². The predicted molar refractivity (Wildman–Crippen MR) is 108 cm³/mol. The van der Waals surface area contributed by atoms with E-state index in [2.05, 4.69) is 0 Å². The van der Waals surface area contributed by atoms with Gasteiger partial charge in [-0.3, -0.25) is 14.6 Å². The summed E-state index contributed by atoms with van der Waals surface area (Å²) in [6.07, 6.45) is -4.57. The first-order chi connectivity index (χ1) is 15.1. The summed E-state index contributed by atoms with van der Waals surface area (Å²) in [6.45, 7) is 0.696. The molecule has 1 aliphatic heterocycles. The van der Waals surface area contributed by atoms with Gasteiger partial charge in [0.05, 0.1) is 38.9 Å². The van der Waals surface area contributed by atoms with Gasteiger partial charge in [-0.15, -0.1) is 0 Å². The second-order valence-electron chi connectivity index (χ2n) is 7.13. The van der Waals surface area contributed by atoms with Crippen LogP contribution in [0.1, 0.15) is 16.7 Å². The monoisotopic (exact) mass is 447 g/mol. The number of anilines is 1. The lowest BCUT2D eigenvalue weighted by atomic mass is 10.00. The zero-order valence-electron chi connectivity index (χ0n) is 17.6. The summed E-state index contributed by atoms with van der Waals surface area (Å²) in [5.74, 6) is -1.17. The number of ether oxygens (including phenoxy) is 2. The Balaban J connectivity index is 1.99. The summed E-state index contributed by atoms with van der Waals surface area (Å²) in [5, 5.41) is 9.46. The molecule has 7 nitrogen and oxygen atoms in total. The van der Waals surface area contributed by atoms with Gasteiger partial charge in [-0.1, -0.05) is 12.1 Å². The second-order valence-corrected chi connectivity index (χ2v) is 7.13. The number of hydrogen-bond acceptors (Lipinski definition) is 5. The zero-order chi connectivity index (χ0) is 23.6. The molecule has 1 heterocycles. The number of rotatable bonds is 5. The molecule has 3 amide bonds. The van der Waals surface area contributed by atoms with E-state index in [-0.39, 0.29) is 17.7 Å². The SMILES string of the molecule is COc1ccc(N2CC(C#N)C(=O)N(Cc3cccc(C(F)(F)F)c3C)C2=O)cc1OC. The molecular weight excluding hydrogens is 427 g/mol. The van der Waals surface area contributed by atoms with Crippen molar-refractivity contribution in [1.82, 2.24) is 4.90 Å². The molecule has 1 unspecified atom stereocenters. The number of carbonyl (C=O) groups excluding carboxylic acids is 2. The van der Waals surface area contributed by atoms with Gasteiger partial charge in [-0.2, -0.15) is 18.4 Å². The molecule has 0 aromatic heterocycles. The average molecular weight is 447 g/mol. The highest BCUT2D eigenvalue weighted by molar-refractivity contribution is 6.07. The average Bonchev–Trinajstić information content (AvgIpc) is 2.76. The molecule has 1 aliphatic rings. The van der Waals surface area contributed by atoms with E-state index in [1.54, 1.807) is 12.1 Å². The number of hydrogen-bond donors (Lipinski definition) is 0. The molecule has 3 rings (SSSR count). The number of nitrogens with zero attached hydrogens (tertiary/aromatic N) is 3. The van der Waals surface area contributed by atoms with E-state index < -0.39 is 36.1 Å². The predicted octanol–water partition coefficient (Wildman–Crippen LogP) is 4.14. The molecule has 1 atom stereocenters. The zero-order valence-corrected chi connectivity index (χ0v) is 17.6. The smallest absolute Gasteiger partial charge is 0.416 e. The molecule has 1 saturated heterocycles. The fourth-order valence-corrected chi connectivity index (χ4v) is 3.55. The van der Waals surface area contributed by atoms with Gasteiger partial charge in [0.15, 0.2) is 11.5 Å². The maximum atomic E-state index is 13.3. The van der Waals surface area contributed by atoms with Gasteiger partial charge in [0, 0.05) is 11.8 Å². The lowest BCUT2D eigenvalue weighted by molar-refractivity contribution is -0.138. The molecule has 2 aromatic carbocycles. The maximum Gasteiger partial charge on any atom is 0.416 e. The van der Waals surface area contributed by atoms with Crippen LogP contribution in [0.2, 0.25) is 0 Å². The fourth-order valence-electron chi connectivity index (χ4n) is 3.55. The lowest BCUT2D eigenvalue weighted by Gasteiger charge is -2.36. The van der Waals surface area contributed by atoms with Crippen LogP contribution < -0.4 is 14.4 Å². The number of carbonyl (C=O) groups is 2. The lowest BCUT2D eigenvalue weighted by Crippen LogP contribution is -2.56. The highest BCUT2D eigenvalue weighted by Crippen LogP contribution is 2.35. The highest BCUT2D eigenvalue weighted by Gasteiger charge is 2.41. The van der Waals surface area contributed by atoms with Crippen LogP contribution in [0.4, 0.5) is 23.7 Å². The Morgan fingerprint density at radius 1 is 1.12 bits per heavy atom. The quantitative estimate of drug-likeness (QED) is 0.688. The van der Waals surface area contributed by atoms with Crippen LogP contribution in [-0.4, -0.2) is 37.6 Å². The summed E-state index contributed by atoms with van der Waals surface area (Å²) < 4.78 is 50.2. The normalized spacial score (nSPS) is 16.7. The number of benzene rings is 2. The van der Waals surface area contributed by atoms with Crippen LogP contribution in [0.15, 0.2) is 36.4 Å². The summed E-state index contributed by atoms with van der Waals surface area (Å²) in [5.41, 5.74) is -0.420. The first-order valence-electron chi connectivity index (χ1n) is 9.52. The third-order valence-corrected chi connectivity index (χ3v) is 5.31. The van der Waals surface area contributed by atoms with Crippen molar-refractivity contribution in [3.05, 3.63) is 53.1 Å². The number of imide groups is 1. The molecular formula is C22H20F3N3O4.